The number of carboxylic acid groups (broad SMARTS) is 1. The van der Waals surface area contributed by atoms with Crippen molar-refractivity contribution >= 4 is 5.97 Å². The van der Waals surface area contributed by atoms with Crippen molar-refractivity contribution in [3.63, 3.8) is 0 Å². The monoisotopic (exact) mass is 240 g/mol. The highest BCUT2D eigenvalue weighted by Gasteiger charge is 2.01. The zero-order chi connectivity index (χ0) is 12.5. The first kappa shape index (κ1) is 13.6. The third-order valence-electron chi connectivity index (χ3n) is 2.07. The fraction of sp³-hybridized carbons (Fsp3) is 0.417. The van der Waals surface area contributed by atoms with Gasteiger partial charge in [-0.2, -0.15) is 0 Å². The Morgan fingerprint density at radius 3 is 2.47 bits per heavy atom. The van der Waals surface area contributed by atoms with E-state index in [1.165, 1.54) is 0 Å². The molecule has 0 aliphatic heterocycles. The average molecular weight is 240 g/mol. The number of aromatic carboxylic acids is 1. The molecule has 5 nitrogen and oxygen atoms in total. The van der Waals surface area contributed by atoms with E-state index >= 15 is 0 Å². The van der Waals surface area contributed by atoms with Crippen LogP contribution < -0.4 is 0 Å². The molecule has 0 radical (unpaired) electrons. The molecule has 0 atom stereocenters. The van der Waals surface area contributed by atoms with Crippen LogP contribution in [0.15, 0.2) is 24.3 Å². The second-order valence-corrected chi connectivity index (χ2v) is 3.37. The number of hydrogen-bond acceptors (Lipinski definition) is 4. The lowest BCUT2D eigenvalue weighted by atomic mass is 10.1. The molecule has 1 aromatic carbocycles. The lowest BCUT2D eigenvalue weighted by molar-refractivity contribution is -0.0724. The Bertz CT molecular complexity index is 333. The fourth-order valence-corrected chi connectivity index (χ4v) is 1.16. The minimum atomic E-state index is -0.930. The maximum absolute atomic E-state index is 10.6. The fourth-order valence-electron chi connectivity index (χ4n) is 1.16. The van der Waals surface area contributed by atoms with Crippen LogP contribution in [-0.4, -0.2) is 38.2 Å². The zero-order valence-corrected chi connectivity index (χ0v) is 9.72. The molecule has 0 aliphatic rings. The molecule has 0 aromatic heterocycles. The minimum absolute atomic E-state index is 0.198. The lowest BCUT2D eigenvalue weighted by Gasteiger charge is -2.05. The van der Waals surface area contributed by atoms with Gasteiger partial charge in [-0.1, -0.05) is 12.1 Å². The largest absolute Gasteiger partial charge is 0.478 e. The van der Waals surface area contributed by atoms with Crippen molar-refractivity contribution in [1.82, 2.24) is 0 Å². The van der Waals surface area contributed by atoms with Crippen molar-refractivity contribution in [3.8, 4) is 0 Å². The van der Waals surface area contributed by atoms with Gasteiger partial charge in [0.2, 0.25) is 0 Å². The van der Waals surface area contributed by atoms with E-state index in [9.17, 15) is 4.79 Å². The Hall–Kier alpha value is -1.43. The highest BCUT2D eigenvalue weighted by molar-refractivity contribution is 5.87. The zero-order valence-electron chi connectivity index (χ0n) is 9.72. The summed E-state index contributed by atoms with van der Waals surface area (Å²) in [6.45, 7) is 1.63. The Labute approximate surface area is 99.9 Å². The first-order chi connectivity index (χ1) is 8.24. The Kier molecular flexibility index (Phi) is 6.24. The minimum Gasteiger partial charge on any atom is -0.478 e. The summed E-state index contributed by atoms with van der Waals surface area (Å²) in [5, 5.41) is 8.71. The summed E-state index contributed by atoms with van der Waals surface area (Å²) >= 11 is 0. The molecular formula is C12H16O5. The average Bonchev–Trinajstić information content (AvgIpc) is 2.34. The first-order valence-corrected chi connectivity index (χ1v) is 5.20. The molecule has 17 heavy (non-hydrogen) atoms. The highest BCUT2D eigenvalue weighted by Crippen LogP contribution is 2.05. The maximum atomic E-state index is 10.6. The number of hydrogen-bond donors (Lipinski definition) is 1. The van der Waals surface area contributed by atoms with Crippen molar-refractivity contribution in [3.05, 3.63) is 35.4 Å². The number of benzene rings is 1. The van der Waals surface area contributed by atoms with Crippen molar-refractivity contribution in [2.45, 2.75) is 6.61 Å². The van der Waals surface area contributed by atoms with Crippen LogP contribution in [-0.2, 0) is 20.8 Å². The van der Waals surface area contributed by atoms with Gasteiger partial charge in [-0.25, -0.2) is 4.79 Å². The summed E-state index contributed by atoms with van der Waals surface area (Å²) in [7, 11) is 1.61. The van der Waals surface area contributed by atoms with Crippen LogP contribution in [0.25, 0.3) is 0 Å². The van der Waals surface area contributed by atoms with Gasteiger partial charge in [0.25, 0.3) is 0 Å². The topological polar surface area (TPSA) is 65.0 Å². The van der Waals surface area contributed by atoms with Crippen molar-refractivity contribution < 1.29 is 24.1 Å². The Balaban J connectivity index is 2.21. The van der Waals surface area contributed by atoms with Gasteiger partial charge >= 0.3 is 5.97 Å². The molecule has 1 rings (SSSR count). The molecular weight excluding hydrogens is 224 g/mol. The van der Waals surface area contributed by atoms with Gasteiger partial charge in [0, 0.05) is 7.11 Å². The molecule has 0 fully saturated rings. The molecule has 0 spiro atoms. The van der Waals surface area contributed by atoms with Crippen LogP contribution >= 0.6 is 0 Å². The molecule has 1 aromatic rings. The molecule has 1 N–H and O–H groups in total. The summed E-state index contributed by atoms with van der Waals surface area (Å²) in [5.41, 5.74) is 1.18. The van der Waals surface area contributed by atoms with Gasteiger partial charge in [-0.15, -0.1) is 0 Å². The Morgan fingerprint density at radius 1 is 1.18 bits per heavy atom. The molecule has 0 unspecified atom stereocenters. The first-order valence-electron chi connectivity index (χ1n) is 5.20. The van der Waals surface area contributed by atoms with E-state index in [-0.39, 0.29) is 12.4 Å². The Morgan fingerprint density at radius 2 is 1.88 bits per heavy atom. The second-order valence-electron chi connectivity index (χ2n) is 3.37. The lowest BCUT2D eigenvalue weighted by Crippen LogP contribution is -2.06. The number of methoxy groups -OCH3 is 1. The number of carbonyl (C=O) groups is 1. The molecule has 0 aliphatic carbocycles. The van der Waals surface area contributed by atoms with Gasteiger partial charge in [-0.05, 0) is 17.7 Å². The summed E-state index contributed by atoms with van der Waals surface area (Å²) < 4.78 is 15.2. The standard InChI is InChI=1S/C12H16O5/c1-15-6-7-16-9-17-8-10-2-4-11(5-3-10)12(13)14/h2-5H,6-9H2,1H3,(H,13,14). The van der Waals surface area contributed by atoms with Crippen LogP contribution in [0.5, 0.6) is 0 Å². The quantitative estimate of drug-likeness (QED) is 0.551. The van der Waals surface area contributed by atoms with Crippen molar-refractivity contribution in [1.29, 1.82) is 0 Å². The third kappa shape index (κ3) is 5.44. The van der Waals surface area contributed by atoms with Crippen LogP contribution in [0.4, 0.5) is 0 Å². The van der Waals surface area contributed by atoms with E-state index in [0.29, 0.717) is 19.8 Å². The highest BCUT2D eigenvalue weighted by atomic mass is 16.7. The summed E-state index contributed by atoms with van der Waals surface area (Å²) in [5.74, 6) is -0.930. The number of ether oxygens (including phenoxy) is 3. The van der Waals surface area contributed by atoms with Gasteiger partial charge in [0.15, 0.2) is 0 Å². The SMILES string of the molecule is COCCOCOCc1ccc(C(=O)O)cc1. The molecule has 0 amide bonds. The van der Waals surface area contributed by atoms with E-state index in [2.05, 4.69) is 0 Å². The summed E-state index contributed by atoms with van der Waals surface area (Å²) in [6.07, 6.45) is 0. The van der Waals surface area contributed by atoms with Crippen LogP contribution in [0.2, 0.25) is 0 Å². The molecule has 94 valence electrons. The number of carboxylic acids is 1. The van der Waals surface area contributed by atoms with E-state index in [4.69, 9.17) is 19.3 Å². The van der Waals surface area contributed by atoms with Crippen LogP contribution in [0.1, 0.15) is 15.9 Å². The molecule has 0 bridgehead atoms. The third-order valence-corrected chi connectivity index (χ3v) is 2.07. The second kappa shape index (κ2) is 7.78. The predicted molar refractivity (Wildman–Crippen MR) is 60.9 cm³/mol. The van der Waals surface area contributed by atoms with Crippen molar-refractivity contribution in [2.24, 2.45) is 0 Å². The normalized spacial score (nSPS) is 10.4. The van der Waals surface area contributed by atoms with E-state index in [0.717, 1.165) is 5.56 Å². The van der Waals surface area contributed by atoms with E-state index in [1.54, 1.807) is 31.4 Å². The molecule has 0 saturated carbocycles. The molecule has 0 saturated heterocycles. The molecule has 5 heteroatoms. The van der Waals surface area contributed by atoms with Gasteiger partial charge in [0.05, 0.1) is 25.4 Å². The van der Waals surface area contributed by atoms with Gasteiger partial charge in [0.1, 0.15) is 6.79 Å². The summed E-state index contributed by atoms with van der Waals surface area (Å²) in [6, 6.07) is 6.54. The molecule has 0 heterocycles. The van der Waals surface area contributed by atoms with Gasteiger partial charge < -0.3 is 19.3 Å². The van der Waals surface area contributed by atoms with Gasteiger partial charge in [-0.3, -0.25) is 0 Å². The van der Waals surface area contributed by atoms with Crippen LogP contribution in [0, 0.1) is 0 Å². The summed E-state index contributed by atoms with van der Waals surface area (Å²) in [4.78, 5) is 10.6. The number of rotatable bonds is 8. The van der Waals surface area contributed by atoms with E-state index in [1.807, 2.05) is 0 Å². The van der Waals surface area contributed by atoms with Crippen molar-refractivity contribution in [2.75, 3.05) is 27.1 Å². The predicted octanol–water partition coefficient (Wildman–Crippen LogP) is 1.52. The van der Waals surface area contributed by atoms with E-state index < -0.39 is 5.97 Å². The smallest absolute Gasteiger partial charge is 0.335 e. The van der Waals surface area contributed by atoms with Crippen LogP contribution in [0.3, 0.4) is 0 Å². The maximum Gasteiger partial charge on any atom is 0.335 e.